The van der Waals surface area contributed by atoms with Crippen LogP contribution < -0.4 is 0 Å². The van der Waals surface area contributed by atoms with Gasteiger partial charge in [-0.15, -0.1) is 0 Å². The first-order valence-electron chi connectivity index (χ1n) is 9.78. The van der Waals surface area contributed by atoms with E-state index in [4.69, 9.17) is 9.72 Å². The van der Waals surface area contributed by atoms with Gasteiger partial charge < -0.3 is 9.64 Å². The first kappa shape index (κ1) is 18.4. The minimum Gasteiger partial charge on any atom is -0.378 e. The Bertz CT molecular complexity index is 1200. The summed E-state index contributed by atoms with van der Waals surface area (Å²) in [4.78, 5) is 19.8. The molecule has 0 saturated carbocycles. The van der Waals surface area contributed by atoms with Crippen molar-refractivity contribution in [2.24, 2.45) is 0 Å². The highest BCUT2D eigenvalue weighted by Gasteiger charge is 2.23. The molecule has 0 aliphatic carbocycles. The lowest BCUT2D eigenvalue weighted by Gasteiger charge is -2.27. The van der Waals surface area contributed by atoms with Crippen LogP contribution in [0.1, 0.15) is 10.5 Å². The van der Waals surface area contributed by atoms with Crippen molar-refractivity contribution >= 4 is 11.6 Å². The van der Waals surface area contributed by atoms with Gasteiger partial charge in [0.1, 0.15) is 11.5 Å². The van der Waals surface area contributed by atoms with Crippen LogP contribution in [-0.2, 0) is 4.74 Å². The van der Waals surface area contributed by atoms with Crippen molar-refractivity contribution in [1.82, 2.24) is 19.5 Å². The van der Waals surface area contributed by atoms with E-state index in [1.54, 1.807) is 27.6 Å². The predicted molar refractivity (Wildman–Crippen MR) is 111 cm³/mol. The fourth-order valence-corrected chi connectivity index (χ4v) is 3.57. The Morgan fingerprint density at radius 3 is 2.33 bits per heavy atom. The van der Waals surface area contributed by atoms with E-state index in [1.165, 1.54) is 12.1 Å². The van der Waals surface area contributed by atoms with Gasteiger partial charge in [-0.1, -0.05) is 30.3 Å². The van der Waals surface area contributed by atoms with Crippen molar-refractivity contribution in [2.45, 2.75) is 0 Å². The van der Waals surface area contributed by atoms with E-state index in [0.29, 0.717) is 43.3 Å². The van der Waals surface area contributed by atoms with Crippen LogP contribution in [0.5, 0.6) is 0 Å². The van der Waals surface area contributed by atoms with Gasteiger partial charge >= 0.3 is 0 Å². The maximum Gasteiger partial charge on any atom is 0.272 e. The monoisotopic (exact) mass is 402 g/mol. The third kappa shape index (κ3) is 3.44. The molecule has 1 aliphatic rings. The van der Waals surface area contributed by atoms with E-state index in [0.717, 1.165) is 16.8 Å². The Labute approximate surface area is 172 Å². The van der Waals surface area contributed by atoms with Crippen molar-refractivity contribution in [3.63, 3.8) is 0 Å². The molecule has 0 spiro atoms. The van der Waals surface area contributed by atoms with Gasteiger partial charge in [-0.25, -0.2) is 13.9 Å². The van der Waals surface area contributed by atoms with E-state index in [9.17, 15) is 9.18 Å². The number of halogens is 1. The van der Waals surface area contributed by atoms with Gasteiger partial charge in [-0.05, 0) is 30.3 Å². The number of rotatable bonds is 3. The molecule has 3 heterocycles. The van der Waals surface area contributed by atoms with Crippen LogP contribution in [-0.4, -0.2) is 51.7 Å². The number of fused-ring (bicyclic) bond motifs is 1. The largest absolute Gasteiger partial charge is 0.378 e. The average Bonchev–Trinajstić information content (AvgIpc) is 3.24. The van der Waals surface area contributed by atoms with Gasteiger partial charge in [0.2, 0.25) is 0 Å². The quantitative estimate of drug-likeness (QED) is 0.525. The summed E-state index contributed by atoms with van der Waals surface area (Å²) in [5, 5.41) is 4.66. The summed E-state index contributed by atoms with van der Waals surface area (Å²) in [7, 11) is 0. The number of ether oxygens (including phenoxy) is 1. The second-order valence-electron chi connectivity index (χ2n) is 7.10. The van der Waals surface area contributed by atoms with E-state index in [-0.39, 0.29) is 11.7 Å². The predicted octanol–water partition coefficient (Wildman–Crippen LogP) is 3.67. The third-order valence-corrected chi connectivity index (χ3v) is 5.15. The summed E-state index contributed by atoms with van der Waals surface area (Å²) < 4.78 is 20.4. The van der Waals surface area contributed by atoms with Gasteiger partial charge in [0.05, 0.1) is 24.6 Å². The molecule has 1 saturated heterocycles. The number of carbonyl (C=O) groups is 1. The lowest BCUT2D eigenvalue weighted by molar-refractivity contribution is 0.0297. The molecule has 2 aromatic carbocycles. The SMILES string of the molecule is O=C(c1cc(-c2ccc(F)cc2)nc2cc(-c3ccccc3)nn12)N1CCOCC1. The Hall–Kier alpha value is -3.58. The Kier molecular flexibility index (Phi) is 4.72. The molecule has 5 rings (SSSR count). The van der Waals surface area contributed by atoms with Crippen LogP contribution >= 0.6 is 0 Å². The molecule has 0 unspecified atom stereocenters. The molecular formula is C23H19FN4O2. The highest BCUT2D eigenvalue weighted by Crippen LogP contribution is 2.25. The number of nitrogens with zero attached hydrogens (tertiary/aromatic N) is 4. The third-order valence-electron chi connectivity index (χ3n) is 5.15. The van der Waals surface area contributed by atoms with E-state index < -0.39 is 0 Å². The van der Waals surface area contributed by atoms with Crippen LogP contribution in [0.15, 0.2) is 66.7 Å². The van der Waals surface area contributed by atoms with Gasteiger partial charge in [-0.2, -0.15) is 5.10 Å². The van der Waals surface area contributed by atoms with Crippen molar-refractivity contribution in [2.75, 3.05) is 26.3 Å². The minimum atomic E-state index is -0.319. The smallest absolute Gasteiger partial charge is 0.272 e. The summed E-state index contributed by atoms with van der Waals surface area (Å²) in [5.41, 5.74) is 3.98. The van der Waals surface area contributed by atoms with Gasteiger partial charge in [0.15, 0.2) is 5.65 Å². The van der Waals surface area contributed by atoms with Crippen LogP contribution in [0.2, 0.25) is 0 Å². The number of carbonyl (C=O) groups excluding carboxylic acids is 1. The fraction of sp³-hybridized carbons (Fsp3) is 0.174. The molecule has 1 fully saturated rings. The molecule has 1 aliphatic heterocycles. The summed E-state index contributed by atoms with van der Waals surface area (Å²) in [6.45, 7) is 2.08. The summed E-state index contributed by atoms with van der Waals surface area (Å²) >= 11 is 0. The van der Waals surface area contributed by atoms with Crippen molar-refractivity contribution in [1.29, 1.82) is 0 Å². The molecule has 2 aromatic heterocycles. The van der Waals surface area contributed by atoms with Crippen LogP contribution in [0.4, 0.5) is 4.39 Å². The molecule has 0 radical (unpaired) electrons. The zero-order valence-electron chi connectivity index (χ0n) is 16.2. The molecule has 7 heteroatoms. The average molecular weight is 402 g/mol. The zero-order valence-corrected chi connectivity index (χ0v) is 16.2. The number of aromatic nitrogens is 3. The molecular weight excluding hydrogens is 383 g/mol. The first-order valence-corrected chi connectivity index (χ1v) is 9.78. The number of hydrogen-bond donors (Lipinski definition) is 0. The molecule has 1 amide bonds. The highest BCUT2D eigenvalue weighted by atomic mass is 19.1. The van der Waals surface area contributed by atoms with E-state index >= 15 is 0 Å². The zero-order chi connectivity index (χ0) is 20.5. The van der Waals surface area contributed by atoms with Crippen molar-refractivity contribution in [3.8, 4) is 22.5 Å². The lowest BCUT2D eigenvalue weighted by atomic mass is 10.1. The standard InChI is InChI=1S/C23H19FN4O2/c24-18-8-6-17(7-9-18)19-14-21(23(29)27-10-12-30-13-11-27)28-22(25-19)15-20(26-28)16-4-2-1-3-5-16/h1-9,14-15H,10-13H2. The molecule has 6 nitrogen and oxygen atoms in total. The molecule has 0 atom stereocenters. The van der Waals surface area contributed by atoms with Crippen LogP contribution in [0.3, 0.4) is 0 Å². The Morgan fingerprint density at radius 2 is 1.60 bits per heavy atom. The highest BCUT2D eigenvalue weighted by molar-refractivity contribution is 5.94. The number of hydrogen-bond acceptors (Lipinski definition) is 4. The first-order chi connectivity index (χ1) is 14.7. The molecule has 4 aromatic rings. The van der Waals surface area contributed by atoms with Crippen molar-refractivity contribution in [3.05, 3.63) is 78.2 Å². The number of benzene rings is 2. The topological polar surface area (TPSA) is 59.7 Å². The maximum atomic E-state index is 13.4. The normalized spacial score (nSPS) is 14.2. The van der Waals surface area contributed by atoms with E-state index in [1.807, 2.05) is 36.4 Å². The molecule has 0 bridgehead atoms. The van der Waals surface area contributed by atoms with Gasteiger partial charge in [-0.3, -0.25) is 4.79 Å². The molecule has 30 heavy (non-hydrogen) atoms. The molecule has 150 valence electrons. The number of amides is 1. The second kappa shape index (κ2) is 7.68. The summed E-state index contributed by atoms with van der Waals surface area (Å²) in [6, 6.07) is 19.4. The minimum absolute atomic E-state index is 0.128. The second-order valence-corrected chi connectivity index (χ2v) is 7.10. The van der Waals surface area contributed by atoms with Gasteiger partial charge in [0, 0.05) is 30.3 Å². The number of morpholine rings is 1. The van der Waals surface area contributed by atoms with Crippen molar-refractivity contribution < 1.29 is 13.9 Å². The Morgan fingerprint density at radius 1 is 0.900 bits per heavy atom. The molecule has 0 N–H and O–H groups in total. The summed E-state index contributed by atoms with van der Waals surface area (Å²) in [5.74, 6) is -0.447. The van der Waals surface area contributed by atoms with Crippen LogP contribution in [0, 0.1) is 5.82 Å². The lowest BCUT2D eigenvalue weighted by Crippen LogP contribution is -2.41. The Balaban J connectivity index is 1.67. The van der Waals surface area contributed by atoms with Crippen LogP contribution in [0.25, 0.3) is 28.2 Å². The summed E-state index contributed by atoms with van der Waals surface area (Å²) in [6.07, 6.45) is 0. The maximum absolute atomic E-state index is 13.4. The fourth-order valence-electron chi connectivity index (χ4n) is 3.57. The van der Waals surface area contributed by atoms with E-state index in [2.05, 4.69) is 5.10 Å². The van der Waals surface area contributed by atoms with Gasteiger partial charge in [0.25, 0.3) is 5.91 Å².